The van der Waals surface area contributed by atoms with Crippen molar-refractivity contribution >= 4 is 46.5 Å². The van der Waals surface area contributed by atoms with Crippen LogP contribution >= 0.6 is 34.8 Å². The maximum atomic E-state index is 11.6. The van der Waals surface area contributed by atoms with Crippen LogP contribution in [0.1, 0.15) is 58.3 Å². The normalized spacial score (nSPS) is 23.9. The Morgan fingerprint density at radius 3 is 2.47 bits per heavy atom. The first-order valence-electron chi connectivity index (χ1n) is 12.6. The summed E-state index contributed by atoms with van der Waals surface area (Å²) in [5, 5.41) is 6.15. The third-order valence-corrected chi connectivity index (χ3v) is 8.48. The molecule has 6 nitrogen and oxygen atoms in total. The van der Waals surface area contributed by atoms with Crippen molar-refractivity contribution < 1.29 is 19.1 Å². The molecule has 1 aliphatic heterocycles. The lowest BCUT2D eigenvalue weighted by molar-refractivity contribution is 0.0340. The number of rotatable bonds is 8. The van der Waals surface area contributed by atoms with Crippen LogP contribution in [0, 0.1) is 11.8 Å². The third-order valence-electron chi connectivity index (χ3n) is 7.53. The number of hydrogen-bond donors (Lipinski definition) is 0. The molecule has 0 saturated heterocycles. The van der Waals surface area contributed by atoms with Gasteiger partial charge in [-0.05, 0) is 78.5 Å². The van der Waals surface area contributed by atoms with Crippen molar-refractivity contribution in [2.75, 3.05) is 13.7 Å². The number of methoxy groups -OCH3 is 1. The molecule has 1 aromatic heterocycles. The van der Waals surface area contributed by atoms with Crippen LogP contribution in [-0.4, -0.2) is 36.5 Å². The maximum Gasteiger partial charge on any atom is 0.356 e. The number of halogens is 3. The van der Waals surface area contributed by atoms with Gasteiger partial charge in [0, 0.05) is 16.8 Å². The molecular weight excluding hydrogens is 547 g/mol. The van der Waals surface area contributed by atoms with E-state index in [1.165, 1.54) is 7.11 Å². The Labute approximate surface area is 235 Å². The number of carbonyl (C=O) groups is 1. The summed E-state index contributed by atoms with van der Waals surface area (Å²) in [5.74, 6) is 1.22. The van der Waals surface area contributed by atoms with Crippen LogP contribution in [0.3, 0.4) is 0 Å². The quantitative estimate of drug-likeness (QED) is 0.265. The van der Waals surface area contributed by atoms with Gasteiger partial charge < -0.3 is 14.3 Å². The summed E-state index contributed by atoms with van der Waals surface area (Å²) >= 11 is 19.7. The van der Waals surface area contributed by atoms with Gasteiger partial charge in [-0.3, -0.25) is 0 Å². The number of aromatic nitrogens is 1. The van der Waals surface area contributed by atoms with Crippen molar-refractivity contribution in [2.45, 2.75) is 37.2 Å². The first-order valence-corrected chi connectivity index (χ1v) is 13.7. The highest BCUT2D eigenvalue weighted by molar-refractivity contribution is 6.40. The Balaban J connectivity index is 1.14. The Kier molecular flexibility index (Phi) is 6.97. The van der Waals surface area contributed by atoms with Crippen LogP contribution < -0.4 is 4.74 Å². The predicted octanol–water partition coefficient (Wildman–Crippen LogP) is 7.31. The second-order valence-corrected chi connectivity index (χ2v) is 11.2. The molecule has 2 saturated carbocycles. The van der Waals surface area contributed by atoms with E-state index in [-0.39, 0.29) is 12.0 Å². The van der Waals surface area contributed by atoms with Crippen LogP contribution in [0.15, 0.2) is 59.9 Å². The minimum absolute atomic E-state index is 0.0570. The van der Waals surface area contributed by atoms with Crippen molar-refractivity contribution in [1.82, 2.24) is 4.98 Å². The molecule has 3 aromatic rings. The fourth-order valence-electron chi connectivity index (χ4n) is 5.24. The Hall–Kier alpha value is -2.80. The predicted molar refractivity (Wildman–Crippen MR) is 147 cm³/mol. The molecular formula is C29H25Cl3N2O4. The van der Waals surface area contributed by atoms with E-state index in [1.807, 2.05) is 30.3 Å². The van der Waals surface area contributed by atoms with Gasteiger partial charge >= 0.3 is 5.97 Å². The highest BCUT2D eigenvalue weighted by atomic mass is 35.5. The van der Waals surface area contributed by atoms with Crippen LogP contribution in [0.25, 0.3) is 0 Å². The van der Waals surface area contributed by atoms with Gasteiger partial charge in [0.05, 0.1) is 23.1 Å². The van der Waals surface area contributed by atoms with E-state index < -0.39 is 5.97 Å². The minimum Gasteiger partial charge on any atom is -0.493 e. The van der Waals surface area contributed by atoms with E-state index in [1.54, 1.807) is 24.4 Å². The number of esters is 1. The second kappa shape index (κ2) is 10.4. The number of nitrogens with zero attached hydrogens (tertiary/aromatic N) is 2. The average Bonchev–Trinajstić information content (AvgIpc) is 3.85. The summed E-state index contributed by atoms with van der Waals surface area (Å²) in [5.41, 5.74) is 3.89. The maximum absolute atomic E-state index is 11.6. The lowest BCUT2D eigenvalue weighted by Gasteiger charge is -2.20. The van der Waals surface area contributed by atoms with Gasteiger partial charge in [-0.2, -0.15) is 0 Å². The van der Waals surface area contributed by atoms with E-state index in [9.17, 15) is 4.79 Å². The first-order chi connectivity index (χ1) is 18.4. The van der Waals surface area contributed by atoms with E-state index in [0.29, 0.717) is 56.4 Å². The lowest BCUT2D eigenvalue weighted by Crippen LogP contribution is -2.31. The van der Waals surface area contributed by atoms with Crippen LogP contribution in [0.4, 0.5) is 0 Å². The van der Waals surface area contributed by atoms with Gasteiger partial charge in [0.15, 0.2) is 0 Å². The van der Waals surface area contributed by atoms with E-state index >= 15 is 0 Å². The van der Waals surface area contributed by atoms with Crippen LogP contribution in [-0.2, 0) is 9.57 Å². The van der Waals surface area contributed by atoms with Gasteiger partial charge in [0.2, 0.25) is 0 Å². The summed E-state index contributed by atoms with van der Waals surface area (Å²) < 4.78 is 11.0. The van der Waals surface area contributed by atoms with E-state index in [2.05, 4.69) is 10.1 Å². The molecule has 0 N–H and O–H groups in total. The van der Waals surface area contributed by atoms with Crippen molar-refractivity contribution in [1.29, 1.82) is 0 Å². The molecule has 2 aromatic carbocycles. The smallest absolute Gasteiger partial charge is 0.356 e. The lowest BCUT2D eigenvalue weighted by atomic mass is 9.90. The van der Waals surface area contributed by atoms with Crippen molar-refractivity contribution in [3.63, 3.8) is 0 Å². The molecule has 6 rings (SSSR count). The molecule has 9 heteroatoms. The highest BCUT2D eigenvalue weighted by Gasteiger charge is 2.46. The second-order valence-electron chi connectivity index (χ2n) is 10.00. The Morgan fingerprint density at radius 2 is 1.82 bits per heavy atom. The van der Waals surface area contributed by atoms with Gasteiger partial charge in [0.25, 0.3) is 0 Å². The standard InChI is InChI=1S/C29H25Cl3N2O4/c1-36-29(35)25-10-7-16(13-33-25)19-12-20(19)18-9-8-17(11-24(18)32)37-14-21-27(34-38-28(21)15-5-6-15)26-22(30)3-2-4-23(26)31/h2-4,7-11,13,15,19-21,28H,5-6,12,14H2,1H3. The zero-order chi connectivity index (χ0) is 26.4. The molecule has 196 valence electrons. The monoisotopic (exact) mass is 570 g/mol. The molecule has 4 unspecified atom stereocenters. The summed E-state index contributed by atoms with van der Waals surface area (Å²) in [4.78, 5) is 21.7. The number of pyridine rings is 1. The zero-order valence-electron chi connectivity index (χ0n) is 20.6. The largest absolute Gasteiger partial charge is 0.493 e. The van der Waals surface area contributed by atoms with Gasteiger partial charge in [-0.25, -0.2) is 9.78 Å². The van der Waals surface area contributed by atoms with Crippen LogP contribution in [0.5, 0.6) is 5.75 Å². The number of benzene rings is 2. The average molecular weight is 572 g/mol. The first kappa shape index (κ1) is 25.5. The van der Waals surface area contributed by atoms with Crippen molar-refractivity contribution in [3.05, 3.63) is 92.2 Å². The molecule has 0 amide bonds. The molecule has 3 aliphatic rings. The number of hydrogen-bond acceptors (Lipinski definition) is 6. The molecule has 2 fully saturated rings. The Bertz CT molecular complexity index is 1390. The van der Waals surface area contributed by atoms with Gasteiger partial charge in [0.1, 0.15) is 29.9 Å². The SMILES string of the molecule is COC(=O)c1ccc(C2CC2c2ccc(OCC3C(c4c(Cl)cccc4Cl)=NOC3C3CC3)cc2Cl)cn1. The molecule has 38 heavy (non-hydrogen) atoms. The highest BCUT2D eigenvalue weighted by Crippen LogP contribution is 2.56. The third kappa shape index (κ3) is 4.97. The fraction of sp³-hybridized carbons (Fsp3) is 0.345. The summed E-state index contributed by atoms with van der Waals surface area (Å²) in [6.45, 7) is 0.376. The van der Waals surface area contributed by atoms with Crippen LogP contribution in [0.2, 0.25) is 15.1 Å². The van der Waals surface area contributed by atoms with Gasteiger partial charge in [-0.15, -0.1) is 0 Å². The number of oxime groups is 1. The molecule has 2 heterocycles. The summed E-state index contributed by atoms with van der Waals surface area (Å²) in [6.07, 6.45) is 4.89. The zero-order valence-corrected chi connectivity index (χ0v) is 22.8. The molecule has 0 bridgehead atoms. The van der Waals surface area contributed by atoms with E-state index in [4.69, 9.17) is 49.1 Å². The minimum atomic E-state index is -0.441. The molecule has 0 radical (unpaired) electrons. The van der Waals surface area contributed by atoms with E-state index in [0.717, 1.165) is 36.1 Å². The summed E-state index contributed by atoms with van der Waals surface area (Å²) in [7, 11) is 1.35. The number of ether oxygens (including phenoxy) is 2. The fourth-order valence-corrected chi connectivity index (χ4v) is 6.14. The molecule has 4 atom stereocenters. The molecule has 0 spiro atoms. The van der Waals surface area contributed by atoms with Crippen molar-refractivity contribution in [2.24, 2.45) is 17.0 Å². The topological polar surface area (TPSA) is 70.0 Å². The molecule has 2 aliphatic carbocycles. The van der Waals surface area contributed by atoms with Crippen molar-refractivity contribution in [3.8, 4) is 5.75 Å². The summed E-state index contributed by atoms with van der Waals surface area (Å²) in [6, 6.07) is 14.9. The Morgan fingerprint density at radius 1 is 1.03 bits per heavy atom. The number of carbonyl (C=O) groups excluding carboxylic acids is 1. The van der Waals surface area contributed by atoms with Gasteiger partial charge in [-0.1, -0.05) is 58.2 Å².